The molecule has 0 aromatic heterocycles. The summed E-state index contributed by atoms with van der Waals surface area (Å²) in [5, 5.41) is 12.2. The summed E-state index contributed by atoms with van der Waals surface area (Å²) in [6.07, 6.45) is 2.20. The molecule has 1 atom stereocenters. The summed E-state index contributed by atoms with van der Waals surface area (Å²) in [4.78, 5) is 0. The molecule has 1 aromatic carbocycles. The van der Waals surface area contributed by atoms with Crippen LogP contribution in [0.15, 0.2) is 24.3 Å². The van der Waals surface area contributed by atoms with Crippen LogP contribution in [-0.4, -0.2) is 24.9 Å². The predicted molar refractivity (Wildman–Crippen MR) is 70.3 cm³/mol. The zero-order chi connectivity index (χ0) is 12.5. The molecule has 0 heterocycles. The Kier molecular flexibility index (Phi) is 6.67. The van der Waals surface area contributed by atoms with Crippen LogP contribution in [0, 0.1) is 0 Å². The van der Waals surface area contributed by atoms with E-state index in [-0.39, 0.29) is 6.61 Å². The Morgan fingerprint density at radius 3 is 2.82 bits per heavy atom. The van der Waals surface area contributed by atoms with Gasteiger partial charge < -0.3 is 15.2 Å². The Labute approximate surface area is 104 Å². The molecule has 1 aromatic rings. The van der Waals surface area contributed by atoms with Crippen molar-refractivity contribution >= 4 is 0 Å². The fraction of sp³-hybridized carbons (Fsp3) is 0.571. The van der Waals surface area contributed by atoms with E-state index in [0.29, 0.717) is 12.6 Å². The lowest BCUT2D eigenvalue weighted by molar-refractivity contribution is 0.201. The molecule has 1 unspecified atom stereocenters. The Balaban J connectivity index is 2.66. The SMILES string of the molecule is CCCNC(CC)c1cccc(OCCO)c1. The number of rotatable bonds is 8. The van der Waals surface area contributed by atoms with E-state index in [0.717, 1.165) is 25.1 Å². The average Bonchev–Trinajstić information content (AvgIpc) is 2.38. The van der Waals surface area contributed by atoms with E-state index in [1.165, 1.54) is 5.56 Å². The van der Waals surface area contributed by atoms with Crippen LogP contribution >= 0.6 is 0 Å². The molecule has 0 aliphatic carbocycles. The number of benzene rings is 1. The number of nitrogens with one attached hydrogen (secondary N) is 1. The van der Waals surface area contributed by atoms with Crippen LogP contribution in [0.5, 0.6) is 5.75 Å². The molecule has 0 amide bonds. The Morgan fingerprint density at radius 2 is 2.18 bits per heavy atom. The van der Waals surface area contributed by atoms with Gasteiger partial charge in [0, 0.05) is 6.04 Å². The van der Waals surface area contributed by atoms with Crippen LogP contribution < -0.4 is 10.1 Å². The summed E-state index contributed by atoms with van der Waals surface area (Å²) < 4.78 is 5.42. The first kappa shape index (κ1) is 14.0. The first-order valence-corrected chi connectivity index (χ1v) is 6.38. The Bertz CT molecular complexity index is 315. The lowest BCUT2D eigenvalue weighted by Crippen LogP contribution is -2.21. The van der Waals surface area contributed by atoms with E-state index in [4.69, 9.17) is 9.84 Å². The zero-order valence-corrected chi connectivity index (χ0v) is 10.8. The largest absolute Gasteiger partial charge is 0.491 e. The fourth-order valence-electron chi connectivity index (χ4n) is 1.80. The second-order valence-corrected chi connectivity index (χ2v) is 4.06. The molecule has 1 rings (SSSR count). The minimum Gasteiger partial charge on any atom is -0.491 e. The molecule has 0 saturated carbocycles. The zero-order valence-electron chi connectivity index (χ0n) is 10.8. The molecule has 0 bridgehead atoms. The van der Waals surface area contributed by atoms with Crippen LogP contribution in [0.2, 0.25) is 0 Å². The van der Waals surface area contributed by atoms with Gasteiger partial charge in [-0.25, -0.2) is 0 Å². The number of ether oxygens (including phenoxy) is 1. The molecule has 0 aliphatic rings. The van der Waals surface area contributed by atoms with Gasteiger partial charge in [0.1, 0.15) is 12.4 Å². The molecular formula is C14H23NO2. The third-order valence-corrected chi connectivity index (χ3v) is 2.67. The Morgan fingerprint density at radius 1 is 1.35 bits per heavy atom. The highest BCUT2D eigenvalue weighted by atomic mass is 16.5. The lowest BCUT2D eigenvalue weighted by Gasteiger charge is -2.17. The van der Waals surface area contributed by atoms with Gasteiger partial charge in [-0.05, 0) is 37.1 Å². The van der Waals surface area contributed by atoms with Gasteiger partial charge in [0.15, 0.2) is 0 Å². The molecule has 0 spiro atoms. The van der Waals surface area contributed by atoms with Crippen molar-refractivity contribution in [3.8, 4) is 5.75 Å². The summed E-state index contributed by atoms with van der Waals surface area (Å²) in [6, 6.07) is 8.46. The van der Waals surface area contributed by atoms with E-state index in [9.17, 15) is 0 Å². The second kappa shape index (κ2) is 8.09. The molecule has 2 N–H and O–H groups in total. The fourth-order valence-corrected chi connectivity index (χ4v) is 1.80. The first-order chi connectivity index (χ1) is 8.31. The van der Waals surface area contributed by atoms with Crippen molar-refractivity contribution in [1.82, 2.24) is 5.32 Å². The lowest BCUT2D eigenvalue weighted by atomic mass is 10.0. The minimum absolute atomic E-state index is 0.0511. The number of hydrogen-bond donors (Lipinski definition) is 2. The van der Waals surface area contributed by atoms with Gasteiger partial charge in [-0.1, -0.05) is 26.0 Å². The highest BCUT2D eigenvalue weighted by Gasteiger charge is 2.08. The molecule has 3 nitrogen and oxygen atoms in total. The average molecular weight is 237 g/mol. The van der Waals surface area contributed by atoms with Crippen LogP contribution in [-0.2, 0) is 0 Å². The van der Waals surface area contributed by atoms with E-state index < -0.39 is 0 Å². The van der Waals surface area contributed by atoms with Gasteiger partial charge in [0.2, 0.25) is 0 Å². The van der Waals surface area contributed by atoms with Crippen molar-refractivity contribution in [2.45, 2.75) is 32.7 Å². The molecule has 0 saturated heterocycles. The molecule has 0 aliphatic heterocycles. The van der Waals surface area contributed by atoms with Gasteiger partial charge in [-0.3, -0.25) is 0 Å². The number of hydrogen-bond acceptors (Lipinski definition) is 3. The van der Waals surface area contributed by atoms with E-state index in [2.05, 4.69) is 25.2 Å². The summed E-state index contributed by atoms with van der Waals surface area (Å²) in [5.74, 6) is 0.827. The summed E-state index contributed by atoms with van der Waals surface area (Å²) in [6.45, 7) is 5.77. The number of aliphatic hydroxyl groups is 1. The maximum atomic E-state index is 8.73. The summed E-state index contributed by atoms with van der Waals surface area (Å²) in [5.41, 5.74) is 1.25. The minimum atomic E-state index is 0.0511. The molecule has 17 heavy (non-hydrogen) atoms. The van der Waals surface area contributed by atoms with Gasteiger partial charge in [-0.15, -0.1) is 0 Å². The highest BCUT2D eigenvalue weighted by molar-refractivity contribution is 5.30. The molecule has 0 fully saturated rings. The van der Waals surface area contributed by atoms with Crippen molar-refractivity contribution in [1.29, 1.82) is 0 Å². The Hall–Kier alpha value is -1.06. The predicted octanol–water partition coefficient (Wildman–Crippen LogP) is 2.51. The van der Waals surface area contributed by atoms with Crippen LogP contribution in [0.4, 0.5) is 0 Å². The smallest absolute Gasteiger partial charge is 0.119 e. The third kappa shape index (κ3) is 4.75. The van der Waals surface area contributed by atoms with E-state index in [1.807, 2.05) is 18.2 Å². The normalized spacial score (nSPS) is 12.4. The third-order valence-electron chi connectivity index (χ3n) is 2.67. The molecule has 0 radical (unpaired) electrons. The second-order valence-electron chi connectivity index (χ2n) is 4.06. The number of aliphatic hydroxyl groups excluding tert-OH is 1. The van der Waals surface area contributed by atoms with Gasteiger partial charge in [0.25, 0.3) is 0 Å². The van der Waals surface area contributed by atoms with Crippen LogP contribution in [0.1, 0.15) is 38.3 Å². The van der Waals surface area contributed by atoms with Crippen molar-refractivity contribution in [2.75, 3.05) is 19.8 Å². The summed E-state index contributed by atoms with van der Waals surface area (Å²) >= 11 is 0. The monoisotopic (exact) mass is 237 g/mol. The van der Waals surface area contributed by atoms with E-state index in [1.54, 1.807) is 0 Å². The van der Waals surface area contributed by atoms with Gasteiger partial charge in [-0.2, -0.15) is 0 Å². The van der Waals surface area contributed by atoms with Crippen molar-refractivity contribution < 1.29 is 9.84 Å². The van der Waals surface area contributed by atoms with Crippen LogP contribution in [0.3, 0.4) is 0 Å². The van der Waals surface area contributed by atoms with E-state index >= 15 is 0 Å². The maximum absolute atomic E-state index is 8.73. The van der Waals surface area contributed by atoms with Crippen molar-refractivity contribution in [3.05, 3.63) is 29.8 Å². The highest BCUT2D eigenvalue weighted by Crippen LogP contribution is 2.21. The maximum Gasteiger partial charge on any atom is 0.119 e. The van der Waals surface area contributed by atoms with Crippen molar-refractivity contribution in [3.63, 3.8) is 0 Å². The molecule has 3 heteroatoms. The van der Waals surface area contributed by atoms with Crippen molar-refractivity contribution in [2.24, 2.45) is 0 Å². The first-order valence-electron chi connectivity index (χ1n) is 6.38. The summed E-state index contributed by atoms with van der Waals surface area (Å²) in [7, 11) is 0. The van der Waals surface area contributed by atoms with Gasteiger partial charge >= 0.3 is 0 Å². The molecule has 96 valence electrons. The van der Waals surface area contributed by atoms with Crippen LogP contribution in [0.25, 0.3) is 0 Å². The topological polar surface area (TPSA) is 41.5 Å². The molecular weight excluding hydrogens is 214 g/mol. The standard InChI is InChI=1S/C14H23NO2/c1-3-8-15-14(4-2)12-6-5-7-13(11-12)17-10-9-16/h5-7,11,14-16H,3-4,8-10H2,1-2H3. The van der Waals surface area contributed by atoms with Gasteiger partial charge in [0.05, 0.1) is 6.61 Å². The quantitative estimate of drug-likeness (QED) is 0.730.